The summed E-state index contributed by atoms with van der Waals surface area (Å²) in [6.07, 6.45) is 3.40. The zero-order chi connectivity index (χ0) is 12.8. The second kappa shape index (κ2) is 6.24. The van der Waals surface area contributed by atoms with Crippen molar-refractivity contribution >= 4 is 5.97 Å². The molecule has 0 aliphatic heterocycles. The van der Waals surface area contributed by atoms with Gasteiger partial charge in [0.05, 0.1) is 0 Å². The number of rotatable bonds is 7. The first kappa shape index (κ1) is 15.4. The summed E-state index contributed by atoms with van der Waals surface area (Å²) in [7, 11) is 0. The van der Waals surface area contributed by atoms with Crippen molar-refractivity contribution < 1.29 is 14.3 Å². The third kappa shape index (κ3) is 4.97. The summed E-state index contributed by atoms with van der Waals surface area (Å²) >= 11 is 0. The van der Waals surface area contributed by atoms with Gasteiger partial charge in [-0.1, -0.05) is 19.8 Å². The van der Waals surface area contributed by atoms with Crippen molar-refractivity contribution in [2.24, 2.45) is 0 Å². The number of carbonyl (C=O) groups excluding carboxylic acids is 1. The van der Waals surface area contributed by atoms with Crippen molar-refractivity contribution in [3.05, 3.63) is 0 Å². The fourth-order valence-electron chi connectivity index (χ4n) is 1.34. The van der Waals surface area contributed by atoms with E-state index in [1.807, 2.05) is 27.7 Å². The van der Waals surface area contributed by atoms with Crippen molar-refractivity contribution in [2.45, 2.75) is 72.0 Å². The molecule has 16 heavy (non-hydrogen) atoms. The minimum Gasteiger partial charge on any atom is -0.457 e. The molecule has 3 nitrogen and oxygen atoms in total. The molecule has 0 N–H and O–H groups in total. The van der Waals surface area contributed by atoms with E-state index in [1.165, 1.54) is 19.8 Å². The van der Waals surface area contributed by atoms with Crippen LogP contribution in [0.25, 0.3) is 0 Å². The molecule has 0 aromatic heterocycles. The highest BCUT2D eigenvalue weighted by molar-refractivity contribution is 5.66. The number of hydrogen-bond acceptors (Lipinski definition) is 3. The molecule has 0 amide bonds. The number of carbonyl (C=O) groups is 1. The number of ether oxygens (including phenoxy) is 2. The van der Waals surface area contributed by atoms with Crippen molar-refractivity contribution in [1.29, 1.82) is 0 Å². The van der Waals surface area contributed by atoms with E-state index < -0.39 is 11.2 Å². The topological polar surface area (TPSA) is 35.5 Å². The smallest absolute Gasteiger partial charge is 0.303 e. The zero-order valence-electron chi connectivity index (χ0n) is 11.6. The lowest BCUT2D eigenvalue weighted by atomic mass is 9.89. The van der Waals surface area contributed by atoms with E-state index in [4.69, 9.17) is 9.47 Å². The van der Waals surface area contributed by atoms with Crippen LogP contribution in [0, 0.1) is 0 Å². The third-order valence-corrected chi connectivity index (χ3v) is 3.06. The lowest BCUT2D eigenvalue weighted by Crippen LogP contribution is -2.50. The molecule has 0 unspecified atom stereocenters. The summed E-state index contributed by atoms with van der Waals surface area (Å²) < 4.78 is 11.1. The van der Waals surface area contributed by atoms with Crippen molar-refractivity contribution in [1.82, 2.24) is 0 Å². The van der Waals surface area contributed by atoms with Gasteiger partial charge in [0, 0.05) is 13.5 Å². The summed E-state index contributed by atoms with van der Waals surface area (Å²) in [4.78, 5) is 11.0. The van der Waals surface area contributed by atoms with Gasteiger partial charge in [0.2, 0.25) is 0 Å². The summed E-state index contributed by atoms with van der Waals surface area (Å²) in [5.41, 5.74) is -1.07. The maximum Gasteiger partial charge on any atom is 0.303 e. The van der Waals surface area contributed by atoms with Gasteiger partial charge in [-0.3, -0.25) is 4.79 Å². The summed E-state index contributed by atoms with van der Waals surface area (Å²) in [5.74, 6) is -0.268. The Balaban J connectivity index is 4.22. The molecule has 96 valence electrons. The Hall–Kier alpha value is -0.570. The van der Waals surface area contributed by atoms with Gasteiger partial charge in [-0.15, -0.1) is 0 Å². The molecule has 0 fully saturated rings. The molecule has 0 saturated heterocycles. The van der Waals surface area contributed by atoms with E-state index in [-0.39, 0.29) is 5.97 Å². The third-order valence-electron chi connectivity index (χ3n) is 3.06. The van der Waals surface area contributed by atoms with Gasteiger partial charge >= 0.3 is 5.97 Å². The number of esters is 1. The Bertz CT molecular complexity index is 219. The maximum absolute atomic E-state index is 11.0. The molecule has 0 radical (unpaired) electrons. The van der Waals surface area contributed by atoms with Gasteiger partial charge in [0.1, 0.15) is 11.2 Å². The Kier molecular flexibility index (Phi) is 6.01. The van der Waals surface area contributed by atoms with E-state index in [0.717, 1.165) is 6.42 Å². The molecule has 3 heteroatoms. The van der Waals surface area contributed by atoms with E-state index in [0.29, 0.717) is 6.61 Å². The fourth-order valence-corrected chi connectivity index (χ4v) is 1.34. The van der Waals surface area contributed by atoms with Crippen LogP contribution >= 0.6 is 0 Å². The van der Waals surface area contributed by atoms with Crippen LogP contribution in [0.5, 0.6) is 0 Å². The molecule has 0 aliphatic rings. The highest BCUT2D eigenvalue weighted by Crippen LogP contribution is 2.29. The van der Waals surface area contributed by atoms with Crippen LogP contribution in [0.15, 0.2) is 0 Å². The first-order valence-corrected chi connectivity index (χ1v) is 6.06. The molecule has 0 aromatic rings. The second-order valence-corrected chi connectivity index (χ2v) is 5.17. The molecule has 0 aliphatic carbocycles. The maximum atomic E-state index is 11.0. The molecule has 0 rings (SSSR count). The van der Waals surface area contributed by atoms with Gasteiger partial charge in [-0.2, -0.15) is 0 Å². The van der Waals surface area contributed by atoms with E-state index >= 15 is 0 Å². The molecule has 0 spiro atoms. The number of hydrogen-bond donors (Lipinski definition) is 0. The van der Waals surface area contributed by atoms with Gasteiger partial charge in [0.25, 0.3) is 0 Å². The van der Waals surface area contributed by atoms with E-state index in [1.54, 1.807) is 0 Å². The van der Waals surface area contributed by atoms with Crippen LogP contribution in [-0.4, -0.2) is 23.8 Å². The molecular formula is C13H26O3. The van der Waals surface area contributed by atoms with Crippen LogP contribution < -0.4 is 0 Å². The van der Waals surface area contributed by atoms with Crippen molar-refractivity contribution in [3.63, 3.8) is 0 Å². The lowest BCUT2D eigenvalue weighted by molar-refractivity contribution is -0.190. The quantitative estimate of drug-likeness (QED) is 0.497. The molecule has 0 saturated carbocycles. The minimum absolute atomic E-state index is 0.268. The standard InChI is InChI=1S/C13H26O3/c1-7-8-9-10-15-12(3,4)13(5,6)16-11(2)14/h7-10H2,1-6H3. The van der Waals surface area contributed by atoms with Crippen LogP contribution in [0.2, 0.25) is 0 Å². The lowest BCUT2D eigenvalue weighted by Gasteiger charge is -2.40. The normalized spacial score (nSPS) is 12.6. The minimum atomic E-state index is -0.606. The van der Waals surface area contributed by atoms with Crippen LogP contribution in [0.4, 0.5) is 0 Å². The molecule has 0 bridgehead atoms. The number of unbranched alkanes of at least 4 members (excludes halogenated alkanes) is 2. The Labute approximate surface area is 99.5 Å². The summed E-state index contributed by atoms with van der Waals surface area (Å²) in [6, 6.07) is 0. The van der Waals surface area contributed by atoms with Crippen molar-refractivity contribution in [2.75, 3.05) is 6.61 Å². The van der Waals surface area contributed by atoms with Gasteiger partial charge in [-0.25, -0.2) is 0 Å². The Morgan fingerprint density at radius 3 is 2.06 bits per heavy atom. The summed E-state index contributed by atoms with van der Waals surface area (Å²) in [6.45, 7) is 12.0. The predicted molar refractivity (Wildman–Crippen MR) is 65.4 cm³/mol. The second-order valence-electron chi connectivity index (χ2n) is 5.17. The Morgan fingerprint density at radius 1 is 1.06 bits per heavy atom. The average molecular weight is 230 g/mol. The van der Waals surface area contributed by atoms with Crippen LogP contribution in [0.3, 0.4) is 0 Å². The predicted octanol–water partition coefficient (Wildman–Crippen LogP) is 3.31. The Morgan fingerprint density at radius 2 is 1.62 bits per heavy atom. The SMILES string of the molecule is CCCCCOC(C)(C)C(C)(C)OC(C)=O. The highest BCUT2D eigenvalue weighted by Gasteiger charge is 2.40. The first-order valence-electron chi connectivity index (χ1n) is 6.06. The largest absolute Gasteiger partial charge is 0.457 e. The van der Waals surface area contributed by atoms with Gasteiger partial charge in [0.15, 0.2) is 0 Å². The van der Waals surface area contributed by atoms with Gasteiger partial charge in [-0.05, 0) is 34.1 Å². The van der Waals surface area contributed by atoms with Gasteiger partial charge < -0.3 is 9.47 Å². The molecular weight excluding hydrogens is 204 g/mol. The molecule has 0 aromatic carbocycles. The van der Waals surface area contributed by atoms with Crippen LogP contribution in [0.1, 0.15) is 60.8 Å². The molecule has 0 atom stereocenters. The first-order chi connectivity index (χ1) is 7.23. The van der Waals surface area contributed by atoms with Crippen molar-refractivity contribution in [3.8, 4) is 0 Å². The zero-order valence-corrected chi connectivity index (χ0v) is 11.6. The van der Waals surface area contributed by atoms with E-state index in [9.17, 15) is 4.79 Å². The highest BCUT2D eigenvalue weighted by atomic mass is 16.6. The fraction of sp³-hybridized carbons (Fsp3) is 0.923. The average Bonchev–Trinajstić information content (AvgIpc) is 2.10. The molecule has 0 heterocycles. The van der Waals surface area contributed by atoms with E-state index in [2.05, 4.69) is 6.92 Å². The van der Waals surface area contributed by atoms with Crippen LogP contribution in [-0.2, 0) is 14.3 Å². The summed E-state index contributed by atoms with van der Waals surface area (Å²) in [5, 5.41) is 0. The monoisotopic (exact) mass is 230 g/mol.